The molecule has 5 heteroatoms. The van der Waals surface area contributed by atoms with Gasteiger partial charge in [0.05, 0.1) is 5.41 Å². The van der Waals surface area contributed by atoms with Crippen LogP contribution in [0.5, 0.6) is 0 Å². The zero-order chi connectivity index (χ0) is 19.5. The molecule has 1 N–H and O–H groups in total. The second-order valence-electron chi connectivity index (χ2n) is 8.39. The number of carbonyl (C=O) groups is 2. The van der Waals surface area contributed by atoms with Gasteiger partial charge in [0.1, 0.15) is 0 Å². The molecule has 0 spiro atoms. The molecule has 0 heterocycles. The molecule has 1 aliphatic carbocycles. The first-order valence-corrected chi connectivity index (χ1v) is 9.37. The summed E-state index contributed by atoms with van der Waals surface area (Å²) in [6.07, 6.45) is 1.50. The predicted octanol–water partition coefficient (Wildman–Crippen LogP) is 2.77. The molecular weight excluding hydrogens is 326 g/mol. The normalized spacial score (nSPS) is 24.2. The third kappa shape index (κ3) is 3.71. The number of nitrogens with zero attached hydrogens (tertiary/aromatic N) is 2. The molecule has 1 aromatic carbocycles. The molecule has 0 aliphatic heterocycles. The number of hydrogen-bond donors (Lipinski definition) is 1. The summed E-state index contributed by atoms with van der Waals surface area (Å²) in [7, 11) is 5.59. The predicted molar refractivity (Wildman–Crippen MR) is 106 cm³/mol. The SMILES string of the molecule is CN(C)C(=O)[C@@H]1CC[C@](C)(C(=O)NCCN(C)c2ccccc2)C1(C)C. The van der Waals surface area contributed by atoms with Crippen LogP contribution in [0.1, 0.15) is 33.6 Å². The van der Waals surface area contributed by atoms with Gasteiger partial charge in [-0.05, 0) is 30.4 Å². The number of benzene rings is 1. The Kier molecular flexibility index (Phi) is 5.99. The summed E-state index contributed by atoms with van der Waals surface area (Å²) in [6, 6.07) is 10.1. The van der Waals surface area contributed by atoms with Crippen LogP contribution in [0.4, 0.5) is 5.69 Å². The van der Waals surface area contributed by atoms with E-state index in [0.29, 0.717) is 6.54 Å². The molecule has 0 unspecified atom stereocenters. The Labute approximate surface area is 157 Å². The molecule has 5 nitrogen and oxygen atoms in total. The van der Waals surface area contributed by atoms with E-state index in [9.17, 15) is 9.59 Å². The highest BCUT2D eigenvalue weighted by Gasteiger charge is 2.58. The van der Waals surface area contributed by atoms with E-state index in [1.807, 2.05) is 32.2 Å². The molecule has 0 saturated heterocycles. The smallest absolute Gasteiger partial charge is 0.226 e. The Bertz CT molecular complexity index is 642. The van der Waals surface area contributed by atoms with E-state index >= 15 is 0 Å². The Morgan fingerprint density at radius 3 is 2.31 bits per heavy atom. The Morgan fingerprint density at radius 2 is 1.73 bits per heavy atom. The minimum atomic E-state index is -0.533. The third-order valence-electron chi connectivity index (χ3n) is 6.40. The van der Waals surface area contributed by atoms with Crippen molar-refractivity contribution in [2.45, 2.75) is 33.6 Å². The molecule has 2 rings (SSSR count). The van der Waals surface area contributed by atoms with Crippen LogP contribution >= 0.6 is 0 Å². The first-order chi connectivity index (χ1) is 12.1. The van der Waals surface area contributed by atoms with Gasteiger partial charge in [-0.15, -0.1) is 0 Å². The largest absolute Gasteiger partial charge is 0.373 e. The molecular formula is C21H33N3O2. The summed E-state index contributed by atoms with van der Waals surface area (Å²) in [5.74, 6) is 0.0635. The monoisotopic (exact) mass is 359 g/mol. The van der Waals surface area contributed by atoms with E-state index in [2.05, 4.69) is 36.2 Å². The van der Waals surface area contributed by atoms with Gasteiger partial charge in [-0.25, -0.2) is 0 Å². The standard InChI is InChI=1S/C21H33N3O2/c1-20(2)17(18(25)23(4)5)12-13-21(20,3)19(26)22-14-15-24(6)16-10-8-7-9-11-16/h7-11,17H,12-15H2,1-6H3,(H,22,26)/t17-,21+/m0/s1. The van der Waals surface area contributed by atoms with Crippen molar-refractivity contribution >= 4 is 17.5 Å². The van der Waals surface area contributed by atoms with Crippen LogP contribution in [-0.4, -0.2) is 50.9 Å². The van der Waals surface area contributed by atoms with Gasteiger partial charge in [-0.2, -0.15) is 0 Å². The number of carbonyl (C=O) groups excluding carboxylic acids is 2. The lowest BCUT2D eigenvalue weighted by Crippen LogP contribution is -2.50. The average Bonchev–Trinajstić information content (AvgIpc) is 2.85. The van der Waals surface area contributed by atoms with Crippen molar-refractivity contribution in [3.8, 4) is 0 Å². The summed E-state index contributed by atoms with van der Waals surface area (Å²) in [5, 5.41) is 3.10. The molecule has 1 aromatic rings. The maximum Gasteiger partial charge on any atom is 0.226 e. The maximum absolute atomic E-state index is 13.0. The summed E-state index contributed by atoms with van der Waals surface area (Å²) in [4.78, 5) is 29.3. The Balaban J connectivity index is 1.97. The van der Waals surface area contributed by atoms with Crippen LogP contribution in [0.2, 0.25) is 0 Å². The minimum Gasteiger partial charge on any atom is -0.373 e. The van der Waals surface area contributed by atoms with Gasteiger partial charge < -0.3 is 15.1 Å². The van der Waals surface area contributed by atoms with Gasteiger partial charge in [0.2, 0.25) is 11.8 Å². The molecule has 2 amide bonds. The van der Waals surface area contributed by atoms with E-state index in [4.69, 9.17) is 0 Å². The number of nitrogens with one attached hydrogen (secondary N) is 1. The number of amides is 2. The summed E-state index contributed by atoms with van der Waals surface area (Å²) < 4.78 is 0. The molecule has 2 atom stereocenters. The van der Waals surface area contributed by atoms with Gasteiger partial charge in [0.15, 0.2) is 0 Å². The second-order valence-corrected chi connectivity index (χ2v) is 8.39. The Morgan fingerprint density at radius 1 is 1.12 bits per heavy atom. The fourth-order valence-electron chi connectivity index (χ4n) is 3.99. The van der Waals surface area contributed by atoms with Crippen molar-refractivity contribution in [3.05, 3.63) is 30.3 Å². The van der Waals surface area contributed by atoms with Gasteiger partial charge in [-0.3, -0.25) is 9.59 Å². The maximum atomic E-state index is 13.0. The molecule has 26 heavy (non-hydrogen) atoms. The van der Waals surface area contributed by atoms with E-state index in [0.717, 1.165) is 25.1 Å². The molecule has 144 valence electrons. The first-order valence-electron chi connectivity index (χ1n) is 9.37. The second kappa shape index (κ2) is 7.68. The van der Waals surface area contributed by atoms with Gasteiger partial charge >= 0.3 is 0 Å². The zero-order valence-corrected chi connectivity index (χ0v) is 17.0. The topological polar surface area (TPSA) is 52.7 Å². The van der Waals surface area contributed by atoms with Gasteiger partial charge in [0.25, 0.3) is 0 Å². The highest BCUT2D eigenvalue weighted by Crippen LogP contribution is 2.56. The number of rotatable bonds is 6. The van der Waals surface area contributed by atoms with Crippen molar-refractivity contribution < 1.29 is 9.59 Å². The highest BCUT2D eigenvalue weighted by atomic mass is 16.2. The fraction of sp³-hybridized carbons (Fsp3) is 0.619. The molecule has 1 saturated carbocycles. The van der Waals surface area contributed by atoms with Gasteiger partial charge in [0, 0.05) is 45.8 Å². The van der Waals surface area contributed by atoms with Crippen LogP contribution in [0.25, 0.3) is 0 Å². The number of anilines is 1. The van der Waals surface area contributed by atoms with Crippen LogP contribution < -0.4 is 10.2 Å². The van der Waals surface area contributed by atoms with Crippen LogP contribution in [0.15, 0.2) is 30.3 Å². The molecule has 1 fully saturated rings. The van der Waals surface area contributed by atoms with Crippen LogP contribution in [0, 0.1) is 16.7 Å². The number of para-hydroxylation sites is 1. The molecule has 0 bridgehead atoms. The lowest BCUT2D eigenvalue weighted by Gasteiger charge is -2.40. The van der Waals surface area contributed by atoms with E-state index in [1.54, 1.807) is 19.0 Å². The fourth-order valence-corrected chi connectivity index (χ4v) is 3.99. The molecule has 0 radical (unpaired) electrons. The Hall–Kier alpha value is -2.04. The van der Waals surface area contributed by atoms with E-state index < -0.39 is 5.41 Å². The molecule has 1 aliphatic rings. The third-order valence-corrected chi connectivity index (χ3v) is 6.40. The number of hydrogen-bond acceptors (Lipinski definition) is 3. The summed E-state index contributed by atoms with van der Waals surface area (Å²) >= 11 is 0. The summed E-state index contributed by atoms with van der Waals surface area (Å²) in [6.45, 7) is 7.45. The average molecular weight is 360 g/mol. The highest BCUT2D eigenvalue weighted by molar-refractivity contribution is 5.87. The van der Waals surface area contributed by atoms with E-state index in [1.165, 1.54) is 0 Å². The van der Waals surface area contributed by atoms with E-state index in [-0.39, 0.29) is 23.1 Å². The quantitative estimate of drug-likeness (QED) is 0.850. The summed E-state index contributed by atoms with van der Waals surface area (Å²) in [5.41, 5.74) is 0.226. The van der Waals surface area contributed by atoms with Crippen LogP contribution in [0.3, 0.4) is 0 Å². The van der Waals surface area contributed by atoms with Gasteiger partial charge in [-0.1, -0.05) is 39.0 Å². The molecule has 0 aromatic heterocycles. The lowest BCUT2D eigenvalue weighted by atomic mass is 9.65. The van der Waals surface area contributed by atoms with Crippen LogP contribution in [-0.2, 0) is 9.59 Å². The van der Waals surface area contributed by atoms with Crippen molar-refractivity contribution in [3.63, 3.8) is 0 Å². The first kappa shape index (κ1) is 20.3. The number of likely N-dealkylation sites (N-methyl/N-ethyl adjacent to an activating group) is 1. The van der Waals surface area contributed by atoms with Crippen molar-refractivity contribution in [1.29, 1.82) is 0 Å². The van der Waals surface area contributed by atoms with Crippen molar-refractivity contribution in [2.24, 2.45) is 16.7 Å². The van der Waals surface area contributed by atoms with Crippen molar-refractivity contribution in [1.82, 2.24) is 10.2 Å². The lowest BCUT2D eigenvalue weighted by molar-refractivity contribution is -0.142. The van der Waals surface area contributed by atoms with Crippen molar-refractivity contribution in [2.75, 3.05) is 39.1 Å². The minimum absolute atomic E-state index is 0.0537. The zero-order valence-electron chi connectivity index (χ0n) is 17.0.